The molecule has 7 nitrogen and oxygen atoms in total. The zero-order valence-corrected chi connectivity index (χ0v) is 20.7. The molecule has 1 saturated heterocycles. The summed E-state index contributed by atoms with van der Waals surface area (Å²) in [5.74, 6) is -0.890. The van der Waals surface area contributed by atoms with Gasteiger partial charge in [-0.15, -0.1) is 0 Å². The van der Waals surface area contributed by atoms with Crippen LogP contribution in [0.3, 0.4) is 0 Å². The molecular formula is C28H34N2O5. The van der Waals surface area contributed by atoms with Crippen molar-refractivity contribution in [2.75, 3.05) is 13.1 Å². The quantitative estimate of drug-likeness (QED) is 0.635. The third-order valence-electron chi connectivity index (χ3n) is 7.00. The fourth-order valence-corrected chi connectivity index (χ4v) is 4.92. The lowest BCUT2D eigenvalue weighted by molar-refractivity contribution is -0.135. The minimum Gasteiger partial charge on any atom is -0.478 e. The van der Waals surface area contributed by atoms with Crippen molar-refractivity contribution in [2.45, 2.75) is 58.7 Å². The Morgan fingerprint density at radius 1 is 0.971 bits per heavy atom. The van der Waals surface area contributed by atoms with Crippen LogP contribution in [-0.2, 0) is 22.6 Å². The lowest BCUT2D eigenvalue weighted by atomic mass is 9.90. The van der Waals surface area contributed by atoms with Crippen molar-refractivity contribution >= 4 is 18.0 Å². The number of hydrogen-bond acceptors (Lipinski definition) is 4. The number of nitrogens with zero attached hydrogens (tertiary/aromatic N) is 2. The molecule has 35 heavy (non-hydrogen) atoms. The van der Waals surface area contributed by atoms with Crippen LogP contribution in [0.2, 0.25) is 0 Å². The molecule has 7 heteroatoms. The molecule has 1 N–H and O–H groups in total. The van der Waals surface area contributed by atoms with E-state index in [1.807, 2.05) is 56.0 Å². The van der Waals surface area contributed by atoms with Gasteiger partial charge in [0.2, 0.25) is 5.91 Å². The standard InChI is InChI=1S/C28H34N2O5/c1-27(2,3)35-26(34)29-15-13-28(14-16-29)17-23(28)24(31)30(18-20-7-5-4-6-8-20)19-21-9-11-22(12-10-21)25(32)33/h4-12,23H,13-19H2,1-3H3,(H,32,33). The van der Waals surface area contributed by atoms with Crippen LogP contribution >= 0.6 is 0 Å². The highest BCUT2D eigenvalue weighted by molar-refractivity contribution is 5.87. The van der Waals surface area contributed by atoms with Crippen molar-refractivity contribution in [2.24, 2.45) is 11.3 Å². The minimum absolute atomic E-state index is 0.0439. The van der Waals surface area contributed by atoms with Crippen molar-refractivity contribution in [3.8, 4) is 0 Å². The first-order valence-corrected chi connectivity index (χ1v) is 12.2. The van der Waals surface area contributed by atoms with Gasteiger partial charge in [0.1, 0.15) is 5.60 Å². The second-order valence-electron chi connectivity index (χ2n) is 10.8. The predicted molar refractivity (Wildman–Crippen MR) is 132 cm³/mol. The smallest absolute Gasteiger partial charge is 0.410 e. The fraction of sp³-hybridized carbons (Fsp3) is 0.464. The SMILES string of the molecule is CC(C)(C)OC(=O)N1CCC2(CC1)CC2C(=O)N(Cc1ccccc1)Cc1ccc(C(=O)O)cc1. The highest BCUT2D eigenvalue weighted by Gasteiger charge is 2.59. The zero-order chi connectivity index (χ0) is 25.2. The van der Waals surface area contributed by atoms with Gasteiger partial charge in [-0.05, 0) is 68.7 Å². The Kier molecular flexibility index (Phi) is 6.88. The van der Waals surface area contributed by atoms with E-state index < -0.39 is 11.6 Å². The molecule has 2 aliphatic rings. The van der Waals surface area contributed by atoms with Gasteiger partial charge in [0.25, 0.3) is 0 Å². The van der Waals surface area contributed by atoms with Gasteiger partial charge in [-0.2, -0.15) is 0 Å². The van der Waals surface area contributed by atoms with Crippen LogP contribution in [0, 0.1) is 11.3 Å². The number of amides is 2. The summed E-state index contributed by atoms with van der Waals surface area (Å²) >= 11 is 0. The number of carbonyl (C=O) groups is 3. The number of piperidine rings is 1. The second-order valence-corrected chi connectivity index (χ2v) is 10.8. The number of carbonyl (C=O) groups excluding carboxylic acids is 2. The monoisotopic (exact) mass is 478 g/mol. The average molecular weight is 479 g/mol. The molecule has 2 amide bonds. The summed E-state index contributed by atoms with van der Waals surface area (Å²) in [4.78, 5) is 40.9. The van der Waals surface area contributed by atoms with E-state index >= 15 is 0 Å². The van der Waals surface area contributed by atoms with E-state index in [4.69, 9.17) is 4.74 Å². The lowest BCUT2D eigenvalue weighted by Gasteiger charge is -2.34. The van der Waals surface area contributed by atoms with Gasteiger partial charge in [0.05, 0.1) is 5.56 Å². The Labute approximate surface area is 206 Å². The first-order valence-electron chi connectivity index (χ1n) is 12.2. The number of aromatic carboxylic acids is 1. The first-order chi connectivity index (χ1) is 16.6. The number of likely N-dealkylation sites (tertiary alicyclic amines) is 1. The summed E-state index contributed by atoms with van der Waals surface area (Å²) < 4.78 is 5.51. The third-order valence-corrected chi connectivity index (χ3v) is 7.00. The van der Waals surface area contributed by atoms with E-state index in [9.17, 15) is 19.5 Å². The summed E-state index contributed by atoms with van der Waals surface area (Å²) in [6.07, 6.45) is 2.16. The van der Waals surface area contributed by atoms with E-state index in [1.165, 1.54) is 0 Å². The van der Waals surface area contributed by atoms with Crippen molar-refractivity contribution in [1.82, 2.24) is 9.80 Å². The fourth-order valence-electron chi connectivity index (χ4n) is 4.92. The van der Waals surface area contributed by atoms with Crippen LogP contribution in [0.4, 0.5) is 4.79 Å². The van der Waals surface area contributed by atoms with Gasteiger partial charge in [0.15, 0.2) is 0 Å². The van der Waals surface area contributed by atoms with E-state index in [0.717, 1.165) is 30.4 Å². The van der Waals surface area contributed by atoms with E-state index in [-0.39, 0.29) is 28.9 Å². The molecule has 186 valence electrons. The van der Waals surface area contributed by atoms with Crippen molar-refractivity contribution in [3.05, 3.63) is 71.3 Å². The minimum atomic E-state index is -0.966. The molecule has 1 atom stereocenters. The van der Waals surface area contributed by atoms with Crippen molar-refractivity contribution in [3.63, 3.8) is 0 Å². The maximum atomic E-state index is 13.7. The first kappa shape index (κ1) is 24.8. The molecule has 1 aliphatic heterocycles. The molecule has 4 rings (SSSR count). The van der Waals surface area contributed by atoms with Gasteiger partial charge in [-0.25, -0.2) is 9.59 Å². The zero-order valence-electron chi connectivity index (χ0n) is 20.7. The van der Waals surface area contributed by atoms with E-state index in [0.29, 0.717) is 26.2 Å². The van der Waals surface area contributed by atoms with Gasteiger partial charge in [0, 0.05) is 32.1 Å². The molecule has 2 aromatic carbocycles. The summed E-state index contributed by atoms with van der Waals surface area (Å²) in [7, 11) is 0. The molecular weight excluding hydrogens is 444 g/mol. The number of ether oxygens (including phenoxy) is 1. The molecule has 0 bridgehead atoms. The van der Waals surface area contributed by atoms with Gasteiger partial charge in [-0.3, -0.25) is 4.79 Å². The topological polar surface area (TPSA) is 87.2 Å². The van der Waals surface area contributed by atoms with Crippen LogP contribution in [0.15, 0.2) is 54.6 Å². The number of hydrogen-bond donors (Lipinski definition) is 1. The number of rotatable bonds is 6. The van der Waals surface area contributed by atoms with E-state index in [1.54, 1.807) is 29.2 Å². The molecule has 0 aromatic heterocycles. The van der Waals surface area contributed by atoms with Gasteiger partial charge >= 0.3 is 12.1 Å². The Hall–Kier alpha value is -3.35. The molecule has 1 saturated carbocycles. The molecule has 0 radical (unpaired) electrons. The number of carboxylic acids is 1. The maximum Gasteiger partial charge on any atom is 0.410 e. The van der Waals surface area contributed by atoms with Crippen LogP contribution in [0.5, 0.6) is 0 Å². The predicted octanol–water partition coefficient (Wildman–Crippen LogP) is 4.95. The third kappa shape index (κ3) is 6.02. The van der Waals surface area contributed by atoms with Crippen LogP contribution < -0.4 is 0 Å². The summed E-state index contributed by atoms with van der Waals surface area (Å²) in [6.45, 7) is 7.72. The summed E-state index contributed by atoms with van der Waals surface area (Å²) in [5.41, 5.74) is 1.61. The molecule has 2 aromatic rings. The Morgan fingerprint density at radius 3 is 2.09 bits per heavy atom. The number of carboxylic acid groups (broad SMARTS) is 1. The number of benzene rings is 2. The second kappa shape index (κ2) is 9.72. The molecule has 1 heterocycles. The summed E-state index contributed by atoms with van der Waals surface area (Å²) in [6, 6.07) is 16.6. The molecule has 1 unspecified atom stereocenters. The molecule has 2 fully saturated rings. The Bertz CT molecular complexity index is 1070. The summed E-state index contributed by atoms with van der Waals surface area (Å²) in [5, 5.41) is 9.17. The van der Waals surface area contributed by atoms with Crippen LogP contribution in [-0.4, -0.2) is 51.6 Å². The Morgan fingerprint density at radius 2 is 1.54 bits per heavy atom. The van der Waals surface area contributed by atoms with E-state index in [2.05, 4.69) is 0 Å². The Balaban J connectivity index is 1.43. The normalized spacial score (nSPS) is 18.7. The molecule has 1 spiro atoms. The van der Waals surface area contributed by atoms with Crippen LogP contribution in [0.25, 0.3) is 0 Å². The van der Waals surface area contributed by atoms with Gasteiger partial charge in [-0.1, -0.05) is 42.5 Å². The largest absolute Gasteiger partial charge is 0.478 e. The van der Waals surface area contributed by atoms with Crippen molar-refractivity contribution in [1.29, 1.82) is 0 Å². The molecule has 1 aliphatic carbocycles. The van der Waals surface area contributed by atoms with Crippen LogP contribution in [0.1, 0.15) is 61.5 Å². The lowest BCUT2D eigenvalue weighted by Crippen LogP contribution is -2.43. The highest BCUT2D eigenvalue weighted by atomic mass is 16.6. The average Bonchev–Trinajstić information content (AvgIpc) is 3.51. The maximum absolute atomic E-state index is 13.7. The van der Waals surface area contributed by atoms with Gasteiger partial charge < -0.3 is 19.6 Å². The van der Waals surface area contributed by atoms with Crippen molar-refractivity contribution < 1.29 is 24.2 Å². The highest BCUT2D eigenvalue weighted by Crippen LogP contribution is 2.60.